The van der Waals surface area contributed by atoms with E-state index in [1.54, 1.807) is 38.1 Å². The minimum Gasteiger partial charge on any atom is -0.395 e. The van der Waals surface area contributed by atoms with Gasteiger partial charge in [-0.15, -0.1) is 0 Å². The Balaban J connectivity index is 1.28. The van der Waals surface area contributed by atoms with Crippen molar-refractivity contribution in [3.8, 4) is 0 Å². The van der Waals surface area contributed by atoms with Gasteiger partial charge in [-0.1, -0.05) is 24.3 Å². The molecule has 0 saturated carbocycles. The Hall–Kier alpha value is -4.80. The summed E-state index contributed by atoms with van der Waals surface area (Å²) in [7, 11) is 0. The minimum atomic E-state index is -4.63. The number of carbonyl (C=O) groups is 2. The lowest BCUT2D eigenvalue weighted by Gasteiger charge is -2.36. The molecular weight excluding hydrogens is 647 g/mol. The van der Waals surface area contributed by atoms with E-state index in [0.717, 1.165) is 43.1 Å². The average Bonchev–Trinajstić information content (AvgIpc) is 3.53. The highest BCUT2D eigenvalue weighted by Crippen LogP contribution is 2.34. The second-order valence-electron chi connectivity index (χ2n) is 11.1. The molecule has 1 saturated heterocycles. The lowest BCUT2D eigenvalue weighted by molar-refractivity contribution is -0.137. The van der Waals surface area contributed by atoms with Gasteiger partial charge < -0.3 is 36.2 Å². The monoisotopic (exact) mass is 683 g/mol. The Morgan fingerprint density at radius 3 is 2.42 bits per heavy atom. The molecule has 2 aromatic heterocycles. The number of aliphatic hydroxyl groups excluding tert-OH is 1. The van der Waals surface area contributed by atoms with Crippen molar-refractivity contribution in [2.75, 3.05) is 72.0 Å². The van der Waals surface area contributed by atoms with Crippen molar-refractivity contribution >= 4 is 57.0 Å². The Morgan fingerprint density at radius 2 is 1.71 bits per heavy atom. The van der Waals surface area contributed by atoms with Gasteiger partial charge in [-0.05, 0) is 56.3 Å². The normalized spacial score (nSPS) is 13.7. The molecule has 0 aliphatic carbocycles. The number of piperazine rings is 1. The van der Waals surface area contributed by atoms with Gasteiger partial charge in [0.25, 0.3) is 11.8 Å². The van der Waals surface area contributed by atoms with Gasteiger partial charge >= 0.3 is 6.18 Å². The summed E-state index contributed by atoms with van der Waals surface area (Å²) in [6.07, 6.45) is -3.21. The second-order valence-corrected chi connectivity index (χ2v) is 12.1. The number of benzene rings is 2. The van der Waals surface area contributed by atoms with Crippen LogP contribution >= 0.6 is 11.3 Å². The molecule has 3 heterocycles. The zero-order valence-corrected chi connectivity index (χ0v) is 27.4. The number of aliphatic hydroxyl groups is 1. The molecule has 0 bridgehead atoms. The molecule has 4 aromatic rings. The first-order valence-corrected chi connectivity index (χ1v) is 16.1. The van der Waals surface area contributed by atoms with Gasteiger partial charge in [-0.2, -0.15) is 13.2 Å². The lowest BCUT2D eigenvalue weighted by atomic mass is 10.1. The summed E-state index contributed by atoms with van der Waals surface area (Å²) in [5, 5.41) is 21.0. The molecule has 1 fully saturated rings. The number of amides is 2. The summed E-state index contributed by atoms with van der Waals surface area (Å²) < 4.78 is 41.5. The van der Waals surface area contributed by atoms with Crippen LogP contribution in [0.5, 0.6) is 0 Å². The topological polar surface area (TPSA) is 148 Å². The SMILES string of the molecule is CCN1CCN(c2cc(C(=O)Nc3ccc(C)c(NC(=O)c4cnc(Nc5cc(NCCO)nc(C)n5)s4)c3)cc(C(F)(F)F)c2)CC1. The van der Waals surface area contributed by atoms with Crippen LogP contribution in [0.2, 0.25) is 0 Å². The molecule has 48 heavy (non-hydrogen) atoms. The highest BCUT2D eigenvalue weighted by Gasteiger charge is 2.33. The number of anilines is 6. The van der Waals surface area contributed by atoms with E-state index < -0.39 is 23.6 Å². The number of thiazole rings is 1. The van der Waals surface area contributed by atoms with Crippen molar-refractivity contribution in [3.05, 3.63) is 76.1 Å². The van der Waals surface area contributed by atoms with Crippen molar-refractivity contribution in [2.45, 2.75) is 26.9 Å². The van der Waals surface area contributed by atoms with Gasteiger partial charge in [-0.3, -0.25) is 9.59 Å². The molecule has 5 rings (SSSR count). The van der Waals surface area contributed by atoms with Gasteiger partial charge in [0.1, 0.15) is 22.3 Å². The van der Waals surface area contributed by atoms with Crippen molar-refractivity contribution in [1.29, 1.82) is 0 Å². The zero-order chi connectivity index (χ0) is 34.4. The van der Waals surface area contributed by atoms with Crippen LogP contribution in [0, 0.1) is 13.8 Å². The first-order chi connectivity index (χ1) is 22.9. The maximum absolute atomic E-state index is 13.8. The second kappa shape index (κ2) is 15.0. The van der Waals surface area contributed by atoms with Gasteiger partial charge in [0.2, 0.25) is 0 Å². The van der Waals surface area contributed by atoms with Crippen LogP contribution in [0.4, 0.5) is 47.0 Å². The minimum absolute atomic E-state index is 0.0561. The number of aryl methyl sites for hydroxylation is 2. The summed E-state index contributed by atoms with van der Waals surface area (Å²) in [4.78, 5) is 43.6. The van der Waals surface area contributed by atoms with Gasteiger partial charge in [0, 0.05) is 61.4 Å². The van der Waals surface area contributed by atoms with Gasteiger partial charge in [0.05, 0.1) is 18.4 Å². The number of carbonyl (C=O) groups excluding carboxylic acids is 2. The maximum atomic E-state index is 13.8. The highest BCUT2D eigenvalue weighted by atomic mass is 32.1. The predicted molar refractivity (Wildman–Crippen MR) is 181 cm³/mol. The number of hydrogen-bond acceptors (Lipinski definition) is 11. The van der Waals surface area contributed by atoms with Crippen LogP contribution in [0.25, 0.3) is 0 Å². The molecular formula is C32H36F3N9O3S. The predicted octanol–water partition coefficient (Wildman–Crippen LogP) is 5.36. The summed E-state index contributed by atoms with van der Waals surface area (Å²) in [6.45, 7) is 9.22. The Bertz CT molecular complexity index is 1780. The molecule has 1 aliphatic heterocycles. The van der Waals surface area contributed by atoms with E-state index >= 15 is 0 Å². The molecule has 0 spiro atoms. The first-order valence-electron chi connectivity index (χ1n) is 15.3. The third-order valence-corrected chi connectivity index (χ3v) is 8.57. The molecule has 0 radical (unpaired) electrons. The largest absolute Gasteiger partial charge is 0.416 e. The lowest BCUT2D eigenvalue weighted by Crippen LogP contribution is -2.46. The first kappa shape index (κ1) is 34.5. The standard InChI is InChI=1S/C32H36F3N9O3S/c1-4-43-8-10-44(11-9-43)24-14-21(13-22(15-24)32(33,34)35)29(46)40-23-6-5-19(2)25(16-23)41-30(47)26-18-37-31(48-26)42-28-17-27(36-7-12-45)38-20(3)39-28/h5-6,13-18,45H,4,7-12H2,1-3H3,(H,40,46)(H,41,47)(H2,36,37,38,39,42). The van der Waals surface area contributed by atoms with E-state index in [-0.39, 0.29) is 12.2 Å². The van der Waals surface area contributed by atoms with Gasteiger partial charge in [0.15, 0.2) is 5.13 Å². The number of nitrogens with zero attached hydrogens (tertiary/aromatic N) is 5. The molecule has 12 nitrogen and oxygen atoms in total. The number of halogens is 3. The number of likely N-dealkylation sites (N-methyl/N-ethyl adjacent to an activating group) is 1. The third-order valence-electron chi connectivity index (χ3n) is 7.66. The zero-order valence-electron chi connectivity index (χ0n) is 26.6. The number of nitrogens with one attached hydrogen (secondary N) is 4. The maximum Gasteiger partial charge on any atom is 0.416 e. The van der Waals surface area contributed by atoms with Crippen LogP contribution in [0.15, 0.2) is 48.7 Å². The molecule has 2 aromatic carbocycles. The van der Waals surface area contributed by atoms with E-state index in [2.05, 4.69) is 41.1 Å². The van der Waals surface area contributed by atoms with Crippen LogP contribution in [0.1, 0.15) is 43.9 Å². The fourth-order valence-electron chi connectivity index (χ4n) is 5.09. The highest BCUT2D eigenvalue weighted by molar-refractivity contribution is 7.17. The third kappa shape index (κ3) is 8.76. The molecule has 254 valence electrons. The Kier molecular flexibility index (Phi) is 10.8. The molecule has 1 aliphatic rings. The molecule has 0 atom stereocenters. The number of aromatic nitrogens is 3. The molecule has 0 unspecified atom stereocenters. The molecule has 5 N–H and O–H groups in total. The smallest absolute Gasteiger partial charge is 0.395 e. The number of alkyl halides is 3. The fraction of sp³-hybridized carbons (Fsp3) is 0.344. The quantitative estimate of drug-likeness (QED) is 0.140. The number of hydrogen-bond donors (Lipinski definition) is 5. The van der Waals surface area contributed by atoms with Crippen molar-refractivity contribution < 1.29 is 27.9 Å². The number of rotatable bonds is 11. The molecule has 2 amide bonds. The summed E-state index contributed by atoms with van der Waals surface area (Å²) in [5.74, 6) is 0.326. The van der Waals surface area contributed by atoms with E-state index in [1.807, 2.05) is 11.8 Å². The Labute approximate surface area is 279 Å². The molecule has 16 heteroatoms. The average molecular weight is 684 g/mol. The van der Waals surface area contributed by atoms with Crippen LogP contribution in [-0.4, -0.2) is 82.6 Å². The van der Waals surface area contributed by atoms with Crippen LogP contribution in [0.3, 0.4) is 0 Å². The van der Waals surface area contributed by atoms with E-state index in [0.29, 0.717) is 69.7 Å². The van der Waals surface area contributed by atoms with Gasteiger partial charge in [-0.25, -0.2) is 15.0 Å². The summed E-state index contributed by atoms with van der Waals surface area (Å²) in [5.41, 5.74) is 0.736. The summed E-state index contributed by atoms with van der Waals surface area (Å²) in [6, 6.07) is 9.92. The van der Waals surface area contributed by atoms with Crippen molar-refractivity contribution in [1.82, 2.24) is 19.9 Å². The van der Waals surface area contributed by atoms with Crippen LogP contribution < -0.4 is 26.2 Å². The van der Waals surface area contributed by atoms with E-state index in [9.17, 15) is 22.8 Å². The Morgan fingerprint density at radius 1 is 0.958 bits per heavy atom. The fourth-order valence-corrected chi connectivity index (χ4v) is 5.80. The van der Waals surface area contributed by atoms with E-state index in [1.165, 1.54) is 12.3 Å². The van der Waals surface area contributed by atoms with Crippen molar-refractivity contribution in [2.24, 2.45) is 0 Å². The summed E-state index contributed by atoms with van der Waals surface area (Å²) >= 11 is 1.10. The van der Waals surface area contributed by atoms with E-state index in [4.69, 9.17) is 5.11 Å². The van der Waals surface area contributed by atoms with Crippen LogP contribution in [-0.2, 0) is 6.18 Å². The van der Waals surface area contributed by atoms with Crippen molar-refractivity contribution in [3.63, 3.8) is 0 Å².